The molecule has 1 aliphatic rings. The molecule has 0 aliphatic carbocycles. The van der Waals surface area contributed by atoms with Gasteiger partial charge in [-0.15, -0.1) is 0 Å². The average Bonchev–Trinajstić information content (AvgIpc) is 2.75. The van der Waals surface area contributed by atoms with Gasteiger partial charge in [0.2, 0.25) is 6.79 Å². The van der Waals surface area contributed by atoms with Crippen molar-refractivity contribution in [2.45, 2.75) is 51.7 Å². The summed E-state index contributed by atoms with van der Waals surface area (Å²) < 4.78 is 19.4. The Morgan fingerprint density at radius 3 is 2.30 bits per heavy atom. The Balaban J connectivity index is 2.44. The Kier molecular flexibility index (Phi) is 14.0. The van der Waals surface area contributed by atoms with Crippen molar-refractivity contribution >= 4 is 47.4 Å². The summed E-state index contributed by atoms with van der Waals surface area (Å²) in [5, 5.41) is -0.701. The van der Waals surface area contributed by atoms with Gasteiger partial charge in [-0.1, -0.05) is 13.8 Å². The van der Waals surface area contributed by atoms with Gasteiger partial charge >= 0.3 is 17.2 Å². The van der Waals surface area contributed by atoms with Gasteiger partial charge in [0.15, 0.2) is 0 Å². The van der Waals surface area contributed by atoms with Crippen LogP contribution in [0, 0.1) is 11.8 Å². The molecule has 0 aromatic rings. The van der Waals surface area contributed by atoms with Crippen molar-refractivity contribution < 1.29 is 38.1 Å². The molecule has 33 heavy (non-hydrogen) atoms. The maximum absolute atomic E-state index is 12.6. The third kappa shape index (κ3) is 13.2. The van der Waals surface area contributed by atoms with Gasteiger partial charge in [0.25, 0.3) is 0 Å². The summed E-state index contributed by atoms with van der Waals surface area (Å²) in [6.07, 6.45) is 1.50. The molecular formula is C22H37NO8S2. The standard InChI is InChI=1S/C22H37NO8S2/c1-16(2)19(25)30-15-31-21(27)33-14-17(13-18(24)22(3,4)32)20(26)29-10-6-5-7-23-8-11-28-12-9-23/h16-17,32H,5-15H2,1-4H3/t17-/m0/s1. The highest BCUT2D eigenvalue weighted by Gasteiger charge is 2.31. The number of unbranched alkanes of at least 4 members (excludes halogenated alkanes) is 1. The van der Waals surface area contributed by atoms with Gasteiger partial charge in [0.1, 0.15) is 5.78 Å². The number of carbonyl (C=O) groups is 4. The second-order valence-corrected chi connectivity index (χ2v) is 10.7. The summed E-state index contributed by atoms with van der Waals surface area (Å²) in [6, 6.07) is 0. The first-order valence-electron chi connectivity index (χ1n) is 11.2. The van der Waals surface area contributed by atoms with Crippen LogP contribution in [0.2, 0.25) is 0 Å². The summed E-state index contributed by atoms with van der Waals surface area (Å²) in [7, 11) is 0. The summed E-state index contributed by atoms with van der Waals surface area (Å²) in [6.45, 7) is 10.6. The summed E-state index contributed by atoms with van der Waals surface area (Å²) in [4.78, 5) is 50.6. The SMILES string of the molecule is CC(C)C(=O)OCOC(=O)SC[C@H](CC(=O)C(C)(C)S)C(=O)OCCCCN1CCOCC1. The Morgan fingerprint density at radius 2 is 1.70 bits per heavy atom. The molecule has 0 aromatic heterocycles. The lowest BCUT2D eigenvalue weighted by Crippen LogP contribution is -2.36. The van der Waals surface area contributed by atoms with Crippen molar-refractivity contribution in [2.75, 3.05) is 52.0 Å². The zero-order valence-electron chi connectivity index (χ0n) is 20.0. The van der Waals surface area contributed by atoms with Crippen molar-refractivity contribution in [1.82, 2.24) is 4.90 Å². The van der Waals surface area contributed by atoms with E-state index in [9.17, 15) is 19.2 Å². The van der Waals surface area contributed by atoms with Gasteiger partial charge < -0.3 is 18.9 Å². The van der Waals surface area contributed by atoms with Crippen LogP contribution in [-0.4, -0.2) is 84.7 Å². The van der Waals surface area contributed by atoms with Crippen LogP contribution in [0.25, 0.3) is 0 Å². The quantitative estimate of drug-likeness (QED) is 0.163. The van der Waals surface area contributed by atoms with Crippen LogP contribution in [0.15, 0.2) is 0 Å². The van der Waals surface area contributed by atoms with Gasteiger partial charge in [0.05, 0.1) is 36.4 Å². The first kappa shape index (κ1) is 29.7. The van der Waals surface area contributed by atoms with Crippen molar-refractivity contribution in [2.24, 2.45) is 11.8 Å². The fourth-order valence-electron chi connectivity index (χ4n) is 2.75. The maximum atomic E-state index is 12.6. The highest BCUT2D eigenvalue weighted by molar-refractivity contribution is 8.13. The molecule has 1 rings (SSSR count). The number of ether oxygens (including phenoxy) is 4. The number of thioether (sulfide) groups is 1. The van der Waals surface area contributed by atoms with Gasteiger partial charge in [-0.3, -0.25) is 19.3 Å². The minimum absolute atomic E-state index is 0.0131. The van der Waals surface area contributed by atoms with E-state index in [1.807, 2.05) is 0 Å². The Morgan fingerprint density at radius 1 is 1.03 bits per heavy atom. The molecule has 0 spiro atoms. The molecule has 0 bridgehead atoms. The van der Waals surface area contributed by atoms with Gasteiger partial charge in [0, 0.05) is 25.3 Å². The van der Waals surface area contributed by atoms with Gasteiger partial charge in [-0.2, -0.15) is 12.6 Å². The van der Waals surface area contributed by atoms with Crippen LogP contribution in [0.5, 0.6) is 0 Å². The number of hydrogen-bond donors (Lipinski definition) is 1. The lowest BCUT2D eigenvalue weighted by Gasteiger charge is -2.26. The fourth-order valence-corrected chi connectivity index (χ4v) is 3.56. The Bertz CT molecular complexity index is 645. The molecule has 1 fully saturated rings. The van der Waals surface area contributed by atoms with E-state index < -0.39 is 34.7 Å². The minimum Gasteiger partial charge on any atom is -0.465 e. The van der Waals surface area contributed by atoms with Crippen molar-refractivity contribution in [3.8, 4) is 0 Å². The summed E-state index contributed by atoms with van der Waals surface area (Å²) in [5.41, 5.74) is 0. The van der Waals surface area contributed by atoms with Gasteiger partial charge in [-0.05, 0) is 45.0 Å². The van der Waals surface area contributed by atoms with E-state index in [0.29, 0.717) is 6.42 Å². The third-order valence-electron chi connectivity index (χ3n) is 4.92. The Labute approximate surface area is 206 Å². The monoisotopic (exact) mass is 507 g/mol. The highest BCUT2D eigenvalue weighted by Crippen LogP contribution is 2.23. The fraction of sp³-hybridized carbons (Fsp3) is 0.818. The van der Waals surface area contributed by atoms with E-state index in [1.54, 1.807) is 27.7 Å². The van der Waals surface area contributed by atoms with Crippen LogP contribution in [0.1, 0.15) is 47.0 Å². The molecule has 0 amide bonds. The number of rotatable bonds is 14. The zero-order chi connectivity index (χ0) is 24.9. The van der Waals surface area contributed by atoms with E-state index >= 15 is 0 Å². The second-order valence-electron chi connectivity index (χ2n) is 8.65. The molecule has 1 aliphatic heterocycles. The molecule has 1 heterocycles. The molecule has 9 nitrogen and oxygen atoms in total. The molecule has 11 heteroatoms. The number of ketones is 1. The van der Waals surface area contributed by atoms with E-state index in [4.69, 9.17) is 18.9 Å². The molecular weight excluding hydrogens is 470 g/mol. The number of hydrogen-bond acceptors (Lipinski definition) is 11. The predicted octanol–water partition coefficient (Wildman–Crippen LogP) is 2.95. The van der Waals surface area contributed by atoms with Crippen molar-refractivity contribution in [3.05, 3.63) is 0 Å². The second kappa shape index (κ2) is 15.6. The van der Waals surface area contributed by atoms with Crippen LogP contribution < -0.4 is 0 Å². The number of carbonyl (C=O) groups excluding carboxylic acids is 4. The Hall–Kier alpha value is -1.30. The molecule has 1 saturated heterocycles. The maximum Gasteiger partial charge on any atom is 0.370 e. The van der Waals surface area contributed by atoms with Crippen LogP contribution >= 0.6 is 24.4 Å². The van der Waals surface area contributed by atoms with Crippen molar-refractivity contribution in [3.63, 3.8) is 0 Å². The van der Waals surface area contributed by atoms with Gasteiger partial charge in [-0.25, -0.2) is 4.79 Å². The zero-order valence-corrected chi connectivity index (χ0v) is 21.7. The molecule has 0 N–H and O–H groups in total. The molecule has 0 saturated carbocycles. The van der Waals surface area contributed by atoms with E-state index in [1.165, 1.54) is 0 Å². The highest BCUT2D eigenvalue weighted by atomic mass is 32.2. The largest absolute Gasteiger partial charge is 0.465 e. The van der Waals surface area contributed by atoms with Crippen molar-refractivity contribution in [1.29, 1.82) is 0 Å². The molecule has 190 valence electrons. The first-order chi connectivity index (χ1) is 15.5. The molecule has 0 unspecified atom stereocenters. The number of nitrogens with zero attached hydrogens (tertiary/aromatic N) is 1. The smallest absolute Gasteiger partial charge is 0.370 e. The lowest BCUT2D eigenvalue weighted by atomic mass is 9.97. The third-order valence-corrected chi connectivity index (χ3v) is 6.09. The van der Waals surface area contributed by atoms with Crippen LogP contribution in [0.3, 0.4) is 0 Å². The number of Topliss-reactive ketones (excluding diaryl/α,β-unsaturated/α-hetero) is 1. The lowest BCUT2D eigenvalue weighted by molar-refractivity contribution is -0.155. The van der Waals surface area contributed by atoms with E-state index in [2.05, 4.69) is 17.5 Å². The normalized spacial score (nSPS) is 15.7. The average molecular weight is 508 g/mol. The first-order valence-corrected chi connectivity index (χ1v) is 12.6. The topological polar surface area (TPSA) is 108 Å². The number of morpholine rings is 1. The number of esters is 2. The van der Waals surface area contributed by atoms with E-state index in [0.717, 1.165) is 51.0 Å². The summed E-state index contributed by atoms with van der Waals surface area (Å²) in [5.74, 6) is -2.36. The molecule has 0 aromatic carbocycles. The van der Waals surface area contributed by atoms with E-state index in [-0.39, 0.29) is 30.5 Å². The molecule has 0 radical (unpaired) electrons. The van der Waals surface area contributed by atoms with Crippen LogP contribution in [0.4, 0.5) is 4.79 Å². The summed E-state index contributed by atoms with van der Waals surface area (Å²) >= 11 is 5.01. The van der Waals surface area contributed by atoms with Crippen LogP contribution in [-0.2, 0) is 33.3 Å². The molecule has 1 atom stereocenters. The number of thiol groups is 1. The minimum atomic E-state index is -0.910. The predicted molar refractivity (Wildman–Crippen MR) is 128 cm³/mol.